The van der Waals surface area contributed by atoms with E-state index in [-0.39, 0.29) is 11.9 Å². The Morgan fingerprint density at radius 1 is 1.42 bits per heavy atom. The van der Waals surface area contributed by atoms with Gasteiger partial charge in [-0.3, -0.25) is 9.89 Å². The minimum atomic E-state index is -0.231. The summed E-state index contributed by atoms with van der Waals surface area (Å²) in [6, 6.07) is 3.18. The molecule has 0 saturated carbocycles. The second-order valence-corrected chi connectivity index (χ2v) is 4.36. The van der Waals surface area contributed by atoms with Crippen molar-refractivity contribution in [2.24, 2.45) is 0 Å². The summed E-state index contributed by atoms with van der Waals surface area (Å²) in [7, 11) is 3.75. The van der Waals surface area contributed by atoms with E-state index in [1.807, 2.05) is 25.9 Å². The maximum absolute atomic E-state index is 12.1. The number of anilines is 1. The summed E-state index contributed by atoms with van der Waals surface area (Å²) in [5.74, 6) is 1.18. The number of rotatable bonds is 4. The molecule has 0 saturated heterocycles. The van der Waals surface area contributed by atoms with Crippen molar-refractivity contribution in [1.29, 1.82) is 0 Å². The molecule has 7 nitrogen and oxygen atoms in total. The lowest BCUT2D eigenvalue weighted by Gasteiger charge is -2.14. The topological polar surface area (TPSA) is 86.8 Å². The summed E-state index contributed by atoms with van der Waals surface area (Å²) in [6.45, 7) is 1.84. The van der Waals surface area contributed by atoms with Crippen LogP contribution in [0.5, 0.6) is 0 Å². The highest BCUT2D eigenvalue weighted by Gasteiger charge is 2.14. The highest BCUT2D eigenvalue weighted by molar-refractivity contribution is 5.95. The highest BCUT2D eigenvalue weighted by atomic mass is 16.1. The zero-order valence-corrected chi connectivity index (χ0v) is 11.1. The molecular weight excluding hydrogens is 244 g/mol. The Morgan fingerprint density at radius 3 is 2.84 bits per heavy atom. The molecule has 2 rings (SSSR count). The van der Waals surface area contributed by atoms with Gasteiger partial charge in [0.2, 0.25) is 0 Å². The molecule has 100 valence electrons. The molecule has 0 aliphatic rings. The summed E-state index contributed by atoms with van der Waals surface area (Å²) >= 11 is 0. The quantitative estimate of drug-likeness (QED) is 0.847. The Hall–Kier alpha value is -2.44. The van der Waals surface area contributed by atoms with Gasteiger partial charge in [0.15, 0.2) is 0 Å². The van der Waals surface area contributed by atoms with Gasteiger partial charge in [0.05, 0.1) is 6.04 Å². The van der Waals surface area contributed by atoms with Crippen LogP contribution in [0.3, 0.4) is 0 Å². The monoisotopic (exact) mass is 260 g/mol. The van der Waals surface area contributed by atoms with Crippen molar-refractivity contribution < 1.29 is 4.79 Å². The lowest BCUT2D eigenvalue weighted by atomic mass is 10.2. The van der Waals surface area contributed by atoms with E-state index in [9.17, 15) is 4.79 Å². The molecule has 1 amide bonds. The fourth-order valence-electron chi connectivity index (χ4n) is 1.58. The van der Waals surface area contributed by atoms with Crippen LogP contribution < -0.4 is 10.2 Å². The van der Waals surface area contributed by atoms with Gasteiger partial charge in [-0.1, -0.05) is 0 Å². The first-order valence-electron chi connectivity index (χ1n) is 5.87. The van der Waals surface area contributed by atoms with Crippen LogP contribution in [0.2, 0.25) is 0 Å². The van der Waals surface area contributed by atoms with Gasteiger partial charge in [-0.25, -0.2) is 9.97 Å². The third-order valence-electron chi connectivity index (χ3n) is 2.66. The Bertz CT molecular complexity index is 551. The summed E-state index contributed by atoms with van der Waals surface area (Å²) in [5.41, 5.74) is 0.560. The second-order valence-electron chi connectivity index (χ2n) is 4.36. The Labute approximate surface area is 111 Å². The van der Waals surface area contributed by atoms with Crippen LogP contribution >= 0.6 is 0 Å². The average molecular weight is 260 g/mol. The van der Waals surface area contributed by atoms with Gasteiger partial charge >= 0.3 is 0 Å². The number of aromatic nitrogens is 4. The zero-order valence-electron chi connectivity index (χ0n) is 11.1. The number of H-pyrrole nitrogens is 1. The lowest BCUT2D eigenvalue weighted by molar-refractivity contribution is 0.0938. The molecule has 2 heterocycles. The first kappa shape index (κ1) is 13.0. The smallest absolute Gasteiger partial charge is 0.252 e. The summed E-state index contributed by atoms with van der Waals surface area (Å²) in [4.78, 5) is 22.1. The van der Waals surface area contributed by atoms with Gasteiger partial charge in [0.25, 0.3) is 5.91 Å². The maximum Gasteiger partial charge on any atom is 0.252 e. The SMILES string of the molecule is CC(NC(=O)c1ccnc(N(C)C)c1)c1ncn[nH]1. The number of nitrogens with one attached hydrogen (secondary N) is 2. The van der Waals surface area contributed by atoms with Gasteiger partial charge in [0.1, 0.15) is 18.0 Å². The number of hydrogen-bond donors (Lipinski definition) is 2. The van der Waals surface area contributed by atoms with E-state index in [0.29, 0.717) is 11.4 Å². The number of aromatic amines is 1. The van der Waals surface area contributed by atoms with Crippen molar-refractivity contribution in [3.05, 3.63) is 36.0 Å². The number of carbonyl (C=O) groups excluding carboxylic acids is 1. The lowest BCUT2D eigenvalue weighted by Crippen LogP contribution is -2.27. The molecule has 0 radical (unpaired) electrons. The molecule has 2 N–H and O–H groups in total. The van der Waals surface area contributed by atoms with Crippen LogP contribution in [0.15, 0.2) is 24.7 Å². The van der Waals surface area contributed by atoms with Gasteiger partial charge in [-0.15, -0.1) is 0 Å². The van der Waals surface area contributed by atoms with Crippen LogP contribution in [-0.4, -0.2) is 40.2 Å². The fraction of sp³-hybridized carbons (Fsp3) is 0.333. The van der Waals surface area contributed by atoms with Gasteiger partial charge in [-0.2, -0.15) is 5.10 Å². The van der Waals surface area contributed by atoms with E-state index in [4.69, 9.17) is 0 Å². The fourth-order valence-corrected chi connectivity index (χ4v) is 1.58. The largest absolute Gasteiger partial charge is 0.363 e. The molecule has 0 spiro atoms. The first-order chi connectivity index (χ1) is 9.08. The molecule has 0 fully saturated rings. The van der Waals surface area contributed by atoms with E-state index in [1.54, 1.807) is 18.3 Å². The van der Waals surface area contributed by atoms with Gasteiger partial charge in [-0.05, 0) is 19.1 Å². The van der Waals surface area contributed by atoms with E-state index in [2.05, 4.69) is 25.5 Å². The molecule has 19 heavy (non-hydrogen) atoms. The third kappa shape index (κ3) is 3.06. The molecule has 2 aromatic heterocycles. The Balaban J connectivity index is 2.10. The van der Waals surface area contributed by atoms with E-state index in [0.717, 1.165) is 5.82 Å². The van der Waals surface area contributed by atoms with Crippen LogP contribution in [0.4, 0.5) is 5.82 Å². The van der Waals surface area contributed by atoms with Crippen LogP contribution in [0, 0.1) is 0 Å². The van der Waals surface area contributed by atoms with Crippen LogP contribution in [-0.2, 0) is 0 Å². The predicted octanol–water partition coefficient (Wildman–Crippen LogP) is 0.757. The highest BCUT2D eigenvalue weighted by Crippen LogP contribution is 2.11. The maximum atomic E-state index is 12.1. The minimum absolute atomic E-state index is 0.172. The standard InChI is InChI=1S/C12H16N6O/c1-8(11-14-7-15-17-11)16-12(19)9-4-5-13-10(6-9)18(2)3/h4-8H,1-3H3,(H,16,19)(H,14,15,17). The van der Waals surface area contributed by atoms with E-state index in [1.165, 1.54) is 6.33 Å². The van der Waals surface area contributed by atoms with Crippen molar-refractivity contribution in [3.63, 3.8) is 0 Å². The van der Waals surface area contributed by atoms with E-state index < -0.39 is 0 Å². The number of hydrogen-bond acceptors (Lipinski definition) is 5. The van der Waals surface area contributed by atoms with E-state index >= 15 is 0 Å². The normalized spacial score (nSPS) is 11.9. The Morgan fingerprint density at radius 2 is 2.21 bits per heavy atom. The van der Waals surface area contributed by atoms with Crippen molar-refractivity contribution in [1.82, 2.24) is 25.5 Å². The van der Waals surface area contributed by atoms with Crippen molar-refractivity contribution >= 4 is 11.7 Å². The molecule has 7 heteroatoms. The molecular formula is C12H16N6O. The first-order valence-corrected chi connectivity index (χ1v) is 5.87. The van der Waals surface area contributed by atoms with Gasteiger partial charge in [0, 0.05) is 25.9 Å². The summed E-state index contributed by atoms with van der Waals surface area (Å²) in [6.07, 6.45) is 3.03. The number of pyridine rings is 1. The molecule has 0 bridgehead atoms. The third-order valence-corrected chi connectivity index (χ3v) is 2.66. The predicted molar refractivity (Wildman–Crippen MR) is 70.8 cm³/mol. The number of amides is 1. The van der Waals surface area contributed by atoms with Crippen molar-refractivity contribution in [2.75, 3.05) is 19.0 Å². The number of carbonyl (C=O) groups is 1. The second kappa shape index (κ2) is 5.47. The molecule has 1 unspecified atom stereocenters. The van der Waals surface area contributed by atoms with Crippen molar-refractivity contribution in [3.8, 4) is 0 Å². The van der Waals surface area contributed by atoms with Crippen molar-refractivity contribution in [2.45, 2.75) is 13.0 Å². The van der Waals surface area contributed by atoms with Crippen LogP contribution in [0.1, 0.15) is 29.1 Å². The van der Waals surface area contributed by atoms with Crippen LogP contribution in [0.25, 0.3) is 0 Å². The molecule has 1 atom stereocenters. The molecule has 0 aromatic carbocycles. The minimum Gasteiger partial charge on any atom is -0.363 e. The van der Waals surface area contributed by atoms with Gasteiger partial charge < -0.3 is 10.2 Å². The average Bonchev–Trinajstić information content (AvgIpc) is 2.92. The summed E-state index contributed by atoms with van der Waals surface area (Å²) < 4.78 is 0. The molecule has 0 aliphatic heterocycles. The molecule has 2 aromatic rings. The zero-order chi connectivity index (χ0) is 13.8. The Kier molecular flexibility index (Phi) is 3.74. The summed E-state index contributed by atoms with van der Waals surface area (Å²) in [5, 5.41) is 9.33. The molecule has 0 aliphatic carbocycles. The number of nitrogens with zero attached hydrogens (tertiary/aromatic N) is 4.